The second-order valence-corrected chi connectivity index (χ2v) is 7.11. The predicted molar refractivity (Wildman–Crippen MR) is 89.6 cm³/mol. The molecule has 116 valence electrons. The number of hydrogen-bond acceptors (Lipinski definition) is 2. The van der Waals surface area contributed by atoms with Crippen LogP contribution in [-0.4, -0.2) is 24.0 Å². The SMILES string of the molecule is NC(CCN1CCCC1C1CCCC1)c1ccccc1Cl. The van der Waals surface area contributed by atoms with Crippen LogP contribution >= 0.6 is 11.6 Å². The van der Waals surface area contributed by atoms with Gasteiger partial charge in [0.05, 0.1) is 0 Å². The van der Waals surface area contributed by atoms with Crippen LogP contribution in [0.15, 0.2) is 24.3 Å². The maximum Gasteiger partial charge on any atom is 0.0453 e. The zero-order valence-electron chi connectivity index (χ0n) is 12.8. The van der Waals surface area contributed by atoms with E-state index in [-0.39, 0.29) is 6.04 Å². The molecule has 1 aliphatic heterocycles. The standard InChI is InChI=1S/C18H27ClN2/c19-16-9-4-3-8-15(16)17(20)11-13-21-12-5-10-18(21)14-6-1-2-7-14/h3-4,8-9,14,17-18H,1-2,5-7,10-13,20H2. The second-order valence-electron chi connectivity index (χ2n) is 6.71. The van der Waals surface area contributed by atoms with E-state index in [4.69, 9.17) is 17.3 Å². The third-order valence-corrected chi connectivity index (χ3v) is 5.73. The first-order valence-electron chi connectivity index (χ1n) is 8.50. The normalized spacial score (nSPS) is 25.5. The summed E-state index contributed by atoms with van der Waals surface area (Å²) in [6.45, 7) is 2.38. The highest BCUT2D eigenvalue weighted by molar-refractivity contribution is 6.31. The van der Waals surface area contributed by atoms with Crippen molar-refractivity contribution in [2.75, 3.05) is 13.1 Å². The molecule has 1 aliphatic carbocycles. The lowest BCUT2D eigenvalue weighted by molar-refractivity contribution is 0.185. The van der Waals surface area contributed by atoms with E-state index >= 15 is 0 Å². The minimum absolute atomic E-state index is 0.0588. The van der Waals surface area contributed by atoms with Gasteiger partial charge in [-0.2, -0.15) is 0 Å². The topological polar surface area (TPSA) is 29.3 Å². The van der Waals surface area contributed by atoms with E-state index in [0.29, 0.717) is 0 Å². The van der Waals surface area contributed by atoms with Crippen LogP contribution in [0, 0.1) is 5.92 Å². The summed E-state index contributed by atoms with van der Waals surface area (Å²) in [5.74, 6) is 0.948. The molecule has 1 saturated carbocycles. The molecule has 0 bridgehead atoms. The molecular weight excluding hydrogens is 280 g/mol. The summed E-state index contributed by atoms with van der Waals surface area (Å²) in [5.41, 5.74) is 7.46. The first-order valence-corrected chi connectivity index (χ1v) is 8.87. The smallest absolute Gasteiger partial charge is 0.0453 e. The monoisotopic (exact) mass is 306 g/mol. The molecule has 2 aliphatic rings. The number of hydrogen-bond donors (Lipinski definition) is 1. The van der Waals surface area contributed by atoms with E-state index < -0.39 is 0 Å². The van der Waals surface area contributed by atoms with Crippen molar-refractivity contribution in [1.82, 2.24) is 4.90 Å². The van der Waals surface area contributed by atoms with Crippen LogP contribution < -0.4 is 5.73 Å². The van der Waals surface area contributed by atoms with Gasteiger partial charge in [0.1, 0.15) is 0 Å². The molecule has 1 aromatic carbocycles. The first kappa shape index (κ1) is 15.3. The molecule has 2 atom stereocenters. The van der Waals surface area contributed by atoms with Crippen molar-refractivity contribution >= 4 is 11.6 Å². The summed E-state index contributed by atoms with van der Waals surface area (Å²) < 4.78 is 0. The Kier molecular flexibility index (Phi) is 5.20. The molecule has 0 radical (unpaired) electrons. The van der Waals surface area contributed by atoms with Gasteiger partial charge in [-0.05, 0) is 56.2 Å². The van der Waals surface area contributed by atoms with Crippen molar-refractivity contribution in [2.45, 2.75) is 57.0 Å². The number of nitrogens with two attached hydrogens (primary N) is 1. The fourth-order valence-corrected chi connectivity index (χ4v) is 4.52. The molecular formula is C18H27ClN2. The zero-order chi connectivity index (χ0) is 14.7. The van der Waals surface area contributed by atoms with Crippen LogP contribution in [0.1, 0.15) is 56.6 Å². The first-order chi connectivity index (χ1) is 10.3. The lowest BCUT2D eigenvalue weighted by Gasteiger charge is -2.30. The van der Waals surface area contributed by atoms with Gasteiger partial charge in [-0.3, -0.25) is 0 Å². The van der Waals surface area contributed by atoms with Crippen LogP contribution in [0.2, 0.25) is 5.02 Å². The van der Waals surface area contributed by atoms with Gasteiger partial charge in [-0.15, -0.1) is 0 Å². The molecule has 1 aromatic rings. The summed E-state index contributed by atoms with van der Waals surface area (Å²) in [7, 11) is 0. The molecule has 3 heteroatoms. The summed E-state index contributed by atoms with van der Waals surface area (Å²) >= 11 is 6.25. The van der Waals surface area contributed by atoms with Crippen LogP contribution in [0.5, 0.6) is 0 Å². The Balaban J connectivity index is 1.55. The Bertz CT molecular complexity index is 456. The van der Waals surface area contributed by atoms with Crippen LogP contribution in [0.3, 0.4) is 0 Å². The van der Waals surface area contributed by atoms with Crippen molar-refractivity contribution in [3.8, 4) is 0 Å². The summed E-state index contributed by atoms with van der Waals surface area (Å²) in [6, 6.07) is 8.88. The third-order valence-electron chi connectivity index (χ3n) is 5.39. The summed E-state index contributed by atoms with van der Waals surface area (Å²) in [5, 5.41) is 0.804. The molecule has 2 fully saturated rings. The zero-order valence-corrected chi connectivity index (χ0v) is 13.6. The summed E-state index contributed by atoms with van der Waals surface area (Å²) in [6.07, 6.45) is 9.53. The Hall–Kier alpha value is -0.570. The third kappa shape index (κ3) is 3.61. The predicted octanol–water partition coefficient (Wildman–Crippen LogP) is 4.38. The van der Waals surface area contributed by atoms with Gasteiger partial charge in [-0.25, -0.2) is 0 Å². The molecule has 2 nitrogen and oxygen atoms in total. The van der Waals surface area contributed by atoms with Crippen molar-refractivity contribution < 1.29 is 0 Å². The molecule has 21 heavy (non-hydrogen) atoms. The second kappa shape index (κ2) is 7.13. The number of likely N-dealkylation sites (tertiary alicyclic amines) is 1. The number of nitrogens with zero attached hydrogens (tertiary/aromatic N) is 1. The van der Waals surface area contributed by atoms with Gasteiger partial charge in [0.25, 0.3) is 0 Å². The van der Waals surface area contributed by atoms with Gasteiger partial charge < -0.3 is 10.6 Å². The molecule has 0 amide bonds. The van der Waals surface area contributed by atoms with E-state index in [2.05, 4.69) is 11.0 Å². The van der Waals surface area contributed by atoms with Gasteiger partial charge in [0.15, 0.2) is 0 Å². The average Bonchev–Trinajstić information content (AvgIpc) is 3.16. The highest BCUT2D eigenvalue weighted by Crippen LogP contribution is 2.35. The molecule has 1 saturated heterocycles. The van der Waals surface area contributed by atoms with Gasteiger partial charge >= 0.3 is 0 Å². The fourth-order valence-electron chi connectivity index (χ4n) is 4.24. The highest BCUT2D eigenvalue weighted by Gasteiger charge is 2.33. The van der Waals surface area contributed by atoms with Crippen molar-refractivity contribution in [3.63, 3.8) is 0 Å². The Morgan fingerprint density at radius 1 is 1.14 bits per heavy atom. The van der Waals surface area contributed by atoms with E-state index in [1.54, 1.807) is 0 Å². The summed E-state index contributed by atoms with van der Waals surface area (Å²) in [4.78, 5) is 2.70. The van der Waals surface area contributed by atoms with Crippen LogP contribution in [0.4, 0.5) is 0 Å². The van der Waals surface area contributed by atoms with Gasteiger partial charge in [0, 0.05) is 23.7 Å². The number of benzene rings is 1. The maximum absolute atomic E-state index is 6.36. The van der Waals surface area contributed by atoms with Gasteiger partial charge in [-0.1, -0.05) is 42.6 Å². The van der Waals surface area contributed by atoms with E-state index in [1.165, 1.54) is 45.1 Å². The quantitative estimate of drug-likeness (QED) is 0.874. The number of rotatable bonds is 5. The lowest BCUT2D eigenvalue weighted by Crippen LogP contribution is -2.36. The van der Waals surface area contributed by atoms with E-state index in [0.717, 1.165) is 35.5 Å². The minimum Gasteiger partial charge on any atom is -0.324 e. The van der Waals surface area contributed by atoms with E-state index in [1.807, 2.05) is 18.2 Å². The van der Waals surface area contributed by atoms with E-state index in [9.17, 15) is 0 Å². The maximum atomic E-state index is 6.36. The molecule has 0 spiro atoms. The molecule has 1 heterocycles. The Labute approximate surface area is 133 Å². The molecule has 2 N–H and O–H groups in total. The van der Waals surface area contributed by atoms with Gasteiger partial charge in [0.2, 0.25) is 0 Å². The van der Waals surface area contributed by atoms with Crippen LogP contribution in [0.25, 0.3) is 0 Å². The fraction of sp³-hybridized carbons (Fsp3) is 0.667. The highest BCUT2D eigenvalue weighted by atomic mass is 35.5. The Morgan fingerprint density at radius 2 is 1.90 bits per heavy atom. The van der Waals surface area contributed by atoms with Crippen molar-refractivity contribution in [2.24, 2.45) is 11.7 Å². The molecule has 0 aromatic heterocycles. The lowest BCUT2D eigenvalue weighted by atomic mass is 9.95. The van der Waals surface area contributed by atoms with Crippen molar-refractivity contribution in [3.05, 3.63) is 34.9 Å². The number of halogens is 1. The van der Waals surface area contributed by atoms with Crippen molar-refractivity contribution in [1.29, 1.82) is 0 Å². The van der Waals surface area contributed by atoms with Crippen LogP contribution in [-0.2, 0) is 0 Å². The molecule has 3 rings (SSSR count). The molecule has 2 unspecified atom stereocenters. The average molecular weight is 307 g/mol. The largest absolute Gasteiger partial charge is 0.324 e. The minimum atomic E-state index is 0.0588. The Morgan fingerprint density at radius 3 is 2.67 bits per heavy atom.